The number of aromatic nitrogens is 3. The van der Waals surface area contributed by atoms with Crippen molar-refractivity contribution in [3.05, 3.63) is 48.8 Å². The molecule has 0 radical (unpaired) electrons. The zero-order chi connectivity index (χ0) is 14.0. The Kier molecular flexibility index (Phi) is 3.92. The zero-order valence-corrected chi connectivity index (χ0v) is 12.4. The average molecular weight is 387 g/mol. The van der Waals surface area contributed by atoms with Gasteiger partial charge in [0.25, 0.3) is 0 Å². The lowest BCUT2D eigenvalue weighted by Gasteiger charge is -1.98. The van der Waals surface area contributed by atoms with Crippen molar-refractivity contribution in [1.29, 1.82) is 5.26 Å². The predicted octanol–water partition coefficient (Wildman–Crippen LogP) is 2.63. The quantitative estimate of drug-likeness (QED) is 0.596. The van der Waals surface area contributed by atoms with Crippen LogP contribution in [0.25, 0.3) is 0 Å². The van der Waals surface area contributed by atoms with E-state index in [4.69, 9.17) is 5.26 Å². The van der Waals surface area contributed by atoms with Gasteiger partial charge in [-0.25, -0.2) is 0 Å². The Balaban J connectivity index is 2.30. The van der Waals surface area contributed by atoms with Gasteiger partial charge >= 0.3 is 5.82 Å². The van der Waals surface area contributed by atoms with E-state index in [-0.39, 0.29) is 16.8 Å². The van der Waals surface area contributed by atoms with Crippen LogP contribution in [0.15, 0.2) is 27.4 Å². The zero-order valence-electron chi connectivity index (χ0n) is 9.25. The Bertz CT molecular complexity index is 674. The van der Waals surface area contributed by atoms with E-state index in [1.54, 1.807) is 12.1 Å². The van der Waals surface area contributed by atoms with Crippen LogP contribution in [0.3, 0.4) is 0 Å². The summed E-state index contributed by atoms with van der Waals surface area (Å²) in [6.45, 7) is 0.263. The van der Waals surface area contributed by atoms with Crippen molar-refractivity contribution in [3.63, 3.8) is 0 Å². The average Bonchev–Trinajstić information content (AvgIpc) is 2.68. The molecule has 2 aromatic heterocycles. The van der Waals surface area contributed by atoms with Gasteiger partial charge in [0.2, 0.25) is 0 Å². The second kappa shape index (κ2) is 5.46. The summed E-state index contributed by atoms with van der Waals surface area (Å²) in [6, 6.07) is 5.27. The van der Waals surface area contributed by atoms with E-state index in [0.29, 0.717) is 15.9 Å². The first-order chi connectivity index (χ1) is 9.02. The van der Waals surface area contributed by atoms with E-state index in [2.05, 4.69) is 41.9 Å². The van der Waals surface area contributed by atoms with Gasteiger partial charge in [-0.05, 0) is 48.9 Å². The van der Waals surface area contributed by atoms with Gasteiger partial charge in [-0.2, -0.15) is 9.94 Å². The fourth-order valence-electron chi connectivity index (χ4n) is 1.37. The van der Waals surface area contributed by atoms with Crippen LogP contribution in [-0.4, -0.2) is 19.7 Å². The first kappa shape index (κ1) is 13.6. The highest BCUT2D eigenvalue weighted by Gasteiger charge is 2.24. The van der Waals surface area contributed by atoms with Gasteiger partial charge in [-0.1, -0.05) is 0 Å². The lowest BCUT2D eigenvalue weighted by atomic mass is 10.3. The topological polar surface area (TPSA) is 97.6 Å². The van der Waals surface area contributed by atoms with Crippen LogP contribution in [0, 0.1) is 21.4 Å². The fraction of sp³-hybridized carbons (Fsp3) is 0.100. The second-order valence-corrected chi connectivity index (χ2v) is 5.04. The maximum absolute atomic E-state index is 10.8. The summed E-state index contributed by atoms with van der Waals surface area (Å²) in [5, 5.41) is 23.3. The highest BCUT2D eigenvalue weighted by atomic mass is 79.9. The minimum absolute atomic E-state index is 0.263. The van der Waals surface area contributed by atoms with E-state index >= 15 is 0 Å². The molecule has 0 atom stereocenters. The largest absolute Gasteiger partial charge is 0.405 e. The van der Waals surface area contributed by atoms with E-state index in [0.717, 1.165) is 0 Å². The van der Waals surface area contributed by atoms with Crippen molar-refractivity contribution in [2.75, 3.05) is 0 Å². The Morgan fingerprint density at radius 1 is 1.47 bits per heavy atom. The summed E-state index contributed by atoms with van der Waals surface area (Å²) in [5.41, 5.74) is 1.10. The second-order valence-electron chi connectivity index (χ2n) is 3.49. The Morgan fingerprint density at radius 3 is 2.68 bits per heavy atom. The van der Waals surface area contributed by atoms with Crippen LogP contribution in [0.1, 0.15) is 11.3 Å². The summed E-state index contributed by atoms with van der Waals surface area (Å²) >= 11 is 6.33. The number of nitriles is 1. The summed E-state index contributed by atoms with van der Waals surface area (Å²) in [6.07, 6.45) is 1.44. The standard InChI is InChI=1S/C10H5Br2N5O2/c11-8-9(12)16(15-10(8)17(18)19)5-7-2-1-6(3-13)4-14-7/h1-2,4H,5H2. The van der Waals surface area contributed by atoms with Crippen LogP contribution in [-0.2, 0) is 6.54 Å². The van der Waals surface area contributed by atoms with Crippen LogP contribution in [0.5, 0.6) is 0 Å². The van der Waals surface area contributed by atoms with Crippen LogP contribution in [0.2, 0.25) is 0 Å². The van der Waals surface area contributed by atoms with Gasteiger partial charge in [-0.3, -0.25) is 4.98 Å². The molecule has 0 unspecified atom stereocenters. The molecule has 0 saturated heterocycles. The van der Waals surface area contributed by atoms with Gasteiger partial charge in [-0.15, -0.1) is 0 Å². The highest BCUT2D eigenvalue weighted by Crippen LogP contribution is 2.31. The molecule has 0 aliphatic rings. The summed E-state index contributed by atoms with van der Waals surface area (Å²) < 4.78 is 2.16. The van der Waals surface area contributed by atoms with Crippen molar-refractivity contribution in [1.82, 2.24) is 14.8 Å². The molecular formula is C10H5Br2N5O2. The fourth-order valence-corrected chi connectivity index (χ4v) is 2.18. The molecular weight excluding hydrogens is 382 g/mol. The molecule has 2 heterocycles. The molecule has 0 saturated carbocycles. The number of rotatable bonds is 3. The van der Waals surface area contributed by atoms with E-state index in [9.17, 15) is 10.1 Å². The SMILES string of the molecule is N#Cc1ccc(Cn2nc([N+](=O)[O-])c(Br)c2Br)nc1. The number of hydrogen-bond donors (Lipinski definition) is 0. The third-order valence-corrected chi connectivity index (χ3v) is 4.33. The van der Waals surface area contributed by atoms with Crippen LogP contribution >= 0.6 is 31.9 Å². The van der Waals surface area contributed by atoms with Gasteiger partial charge in [0, 0.05) is 6.20 Å². The summed E-state index contributed by atoms with van der Waals surface area (Å²) in [5.74, 6) is -0.263. The molecule has 96 valence electrons. The molecule has 19 heavy (non-hydrogen) atoms. The van der Waals surface area contributed by atoms with Crippen LogP contribution in [0.4, 0.5) is 5.82 Å². The van der Waals surface area contributed by atoms with Crippen molar-refractivity contribution in [2.45, 2.75) is 6.54 Å². The van der Waals surface area contributed by atoms with Gasteiger partial charge in [0.05, 0.1) is 16.4 Å². The number of pyridine rings is 1. The highest BCUT2D eigenvalue weighted by molar-refractivity contribution is 9.13. The minimum atomic E-state index is -0.572. The third kappa shape index (κ3) is 2.80. The maximum Gasteiger partial charge on any atom is 0.405 e. The molecule has 0 amide bonds. The smallest absolute Gasteiger partial charge is 0.358 e. The van der Waals surface area contributed by atoms with Gasteiger partial charge in [0.15, 0.2) is 4.47 Å². The number of nitro groups is 1. The molecule has 0 aliphatic heterocycles. The van der Waals surface area contributed by atoms with E-state index in [1.165, 1.54) is 10.9 Å². The minimum Gasteiger partial charge on any atom is -0.358 e. The molecule has 0 aliphatic carbocycles. The lowest BCUT2D eigenvalue weighted by molar-refractivity contribution is -0.390. The molecule has 2 rings (SSSR count). The van der Waals surface area contributed by atoms with Gasteiger partial charge < -0.3 is 10.1 Å². The molecule has 7 nitrogen and oxygen atoms in total. The molecule has 0 bridgehead atoms. The number of halogens is 2. The normalized spacial score (nSPS) is 10.2. The molecule has 0 fully saturated rings. The monoisotopic (exact) mass is 385 g/mol. The lowest BCUT2D eigenvalue weighted by Crippen LogP contribution is -2.04. The van der Waals surface area contributed by atoms with Crippen molar-refractivity contribution in [3.8, 4) is 6.07 Å². The Labute approximate surface area is 124 Å². The van der Waals surface area contributed by atoms with E-state index < -0.39 is 4.92 Å². The van der Waals surface area contributed by atoms with Crippen molar-refractivity contribution >= 4 is 37.7 Å². The molecule has 0 spiro atoms. The Hall–Kier alpha value is -1.79. The predicted molar refractivity (Wildman–Crippen MR) is 72.3 cm³/mol. The summed E-state index contributed by atoms with van der Waals surface area (Å²) in [7, 11) is 0. The van der Waals surface area contributed by atoms with Crippen LogP contribution < -0.4 is 0 Å². The Morgan fingerprint density at radius 2 is 2.21 bits per heavy atom. The van der Waals surface area contributed by atoms with Gasteiger partial charge in [0.1, 0.15) is 17.2 Å². The van der Waals surface area contributed by atoms with Crippen molar-refractivity contribution < 1.29 is 4.92 Å². The number of hydrogen-bond acceptors (Lipinski definition) is 5. The summed E-state index contributed by atoms with van der Waals surface area (Å²) in [4.78, 5) is 14.3. The molecule has 2 aromatic rings. The van der Waals surface area contributed by atoms with Crippen molar-refractivity contribution in [2.24, 2.45) is 0 Å². The number of nitrogens with zero attached hydrogens (tertiary/aromatic N) is 5. The molecule has 0 aromatic carbocycles. The molecule has 9 heteroatoms. The maximum atomic E-state index is 10.8. The molecule has 0 N–H and O–H groups in total. The van der Waals surface area contributed by atoms with E-state index in [1.807, 2.05) is 6.07 Å². The first-order valence-electron chi connectivity index (χ1n) is 4.94. The third-order valence-electron chi connectivity index (χ3n) is 2.26. The first-order valence-corrected chi connectivity index (χ1v) is 6.52.